The Morgan fingerprint density at radius 2 is 1.48 bits per heavy atom. The minimum Gasteiger partial charge on any atom is -0.466 e. The summed E-state index contributed by atoms with van der Waals surface area (Å²) in [6.07, 6.45) is 8.61. The second kappa shape index (κ2) is 13.9. The number of hydrogen-bond donors (Lipinski definition) is 0. The Labute approximate surface area is 129 Å². The lowest BCUT2D eigenvalue weighted by Gasteiger charge is -2.17. The maximum atomic E-state index is 11.8. The Bertz CT molecular complexity index is 276. The second-order valence-corrected chi connectivity index (χ2v) is 5.41. The van der Waals surface area contributed by atoms with Crippen molar-refractivity contribution < 1.29 is 19.1 Å². The summed E-state index contributed by atoms with van der Waals surface area (Å²) in [5.41, 5.74) is 0. The second-order valence-electron chi connectivity index (χ2n) is 5.41. The highest BCUT2D eigenvalue weighted by atomic mass is 16.5. The summed E-state index contributed by atoms with van der Waals surface area (Å²) in [4.78, 5) is 22.9. The molecular weight excluding hydrogens is 268 g/mol. The van der Waals surface area contributed by atoms with Gasteiger partial charge in [-0.15, -0.1) is 0 Å². The Kier molecular flexibility index (Phi) is 13.2. The van der Waals surface area contributed by atoms with Crippen molar-refractivity contribution in [2.45, 2.75) is 91.1 Å². The largest absolute Gasteiger partial charge is 0.466 e. The number of esters is 2. The molecule has 0 aliphatic rings. The van der Waals surface area contributed by atoms with Crippen molar-refractivity contribution in [3.63, 3.8) is 0 Å². The molecule has 0 radical (unpaired) electrons. The van der Waals surface area contributed by atoms with Gasteiger partial charge >= 0.3 is 11.9 Å². The van der Waals surface area contributed by atoms with Gasteiger partial charge in [0.1, 0.15) is 6.10 Å². The topological polar surface area (TPSA) is 52.6 Å². The van der Waals surface area contributed by atoms with E-state index in [1.54, 1.807) is 6.92 Å². The lowest BCUT2D eigenvalue weighted by atomic mass is 10.1. The van der Waals surface area contributed by atoms with Crippen molar-refractivity contribution in [2.24, 2.45) is 0 Å². The molecule has 0 bridgehead atoms. The maximum absolute atomic E-state index is 11.8. The SMILES string of the molecule is CCCCC(CCC)OC(=O)CCCCCC(=O)OCC. The van der Waals surface area contributed by atoms with Crippen molar-refractivity contribution in [3.05, 3.63) is 0 Å². The summed E-state index contributed by atoms with van der Waals surface area (Å²) in [7, 11) is 0. The molecule has 0 heterocycles. The predicted octanol–water partition coefficient (Wildman–Crippen LogP) is 4.40. The monoisotopic (exact) mass is 300 g/mol. The van der Waals surface area contributed by atoms with Crippen molar-refractivity contribution in [1.82, 2.24) is 0 Å². The summed E-state index contributed by atoms with van der Waals surface area (Å²) < 4.78 is 10.4. The normalized spacial score (nSPS) is 12.0. The standard InChI is InChI=1S/C17H32O4/c1-4-7-12-15(11-5-2)21-17(19)14-10-8-9-13-16(18)20-6-3/h15H,4-14H2,1-3H3. The first kappa shape index (κ1) is 19.9. The Hall–Kier alpha value is -1.06. The van der Waals surface area contributed by atoms with Crippen LogP contribution in [-0.4, -0.2) is 24.6 Å². The molecule has 0 rings (SSSR count). The van der Waals surface area contributed by atoms with Gasteiger partial charge in [0.25, 0.3) is 0 Å². The summed E-state index contributed by atoms with van der Waals surface area (Å²) in [6, 6.07) is 0. The minimum atomic E-state index is -0.150. The van der Waals surface area contributed by atoms with E-state index >= 15 is 0 Å². The number of rotatable bonds is 13. The highest BCUT2D eigenvalue weighted by Gasteiger charge is 2.13. The van der Waals surface area contributed by atoms with Crippen LogP contribution in [0, 0.1) is 0 Å². The van der Waals surface area contributed by atoms with E-state index in [1.807, 2.05) is 0 Å². The third-order valence-corrected chi connectivity index (χ3v) is 3.36. The Morgan fingerprint density at radius 1 is 0.810 bits per heavy atom. The average molecular weight is 300 g/mol. The van der Waals surface area contributed by atoms with Gasteiger partial charge in [-0.1, -0.05) is 39.5 Å². The van der Waals surface area contributed by atoms with E-state index in [-0.39, 0.29) is 18.0 Å². The van der Waals surface area contributed by atoms with Gasteiger partial charge < -0.3 is 9.47 Å². The molecular formula is C17H32O4. The van der Waals surface area contributed by atoms with Gasteiger partial charge in [-0.3, -0.25) is 9.59 Å². The van der Waals surface area contributed by atoms with Crippen LogP contribution in [0.25, 0.3) is 0 Å². The zero-order valence-electron chi connectivity index (χ0n) is 14.0. The van der Waals surface area contributed by atoms with Gasteiger partial charge in [0.05, 0.1) is 6.61 Å². The lowest BCUT2D eigenvalue weighted by Crippen LogP contribution is -2.18. The molecule has 4 nitrogen and oxygen atoms in total. The number of unbranched alkanes of at least 4 members (excludes halogenated alkanes) is 3. The molecule has 1 unspecified atom stereocenters. The molecule has 4 heteroatoms. The first-order chi connectivity index (χ1) is 10.1. The first-order valence-electron chi connectivity index (χ1n) is 8.49. The molecule has 0 amide bonds. The Morgan fingerprint density at radius 3 is 2.05 bits per heavy atom. The molecule has 0 aliphatic carbocycles. The highest BCUT2D eigenvalue weighted by Crippen LogP contribution is 2.13. The van der Waals surface area contributed by atoms with Crippen LogP contribution in [0.4, 0.5) is 0 Å². The zero-order valence-corrected chi connectivity index (χ0v) is 14.0. The van der Waals surface area contributed by atoms with E-state index in [9.17, 15) is 9.59 Å². The van der Waals surface area contributed by atoms with E-state index < -0.39 is 0 Å². The Balaban J connectivity index is 3.69. The van der Waals surface area contributed by atoms with Crippen molar-refractivity contribution >= 4 is 11.9 Å². The smallest absolute Gasteiger partial charge is 0.306 e. The summed E-state index contributed by atoms with van der Waals surface area (Å²) in [5, 5.41) is 0. The molecule has 0 saturated carbocycles. The number of hydrogen-bond acceptors (Lipinski definition) is 4. The van der Waals surface area contributed by atoms with Crippen LogP contribution >= 0.6 is 0 Å². The van der Waals surface area contributed by atoms with Crippen molar-refractivity contribution in [1.29, 1.82) is 0 Å². The van der Waals surface area contributed by atoms with Crippen LogP contribution in [-0.2, 0) is 19.1 Å². The summed E-state index contributed by atoms with van der Waals surface area (Å²) in [5.74, 6) is -0.247. The summed E-state index contributed by atoms with van der Waals surface area (Å²) >= 11 is 0. The molecule has 0 aromatic rings. The van der Waals surface area contributed by atoms with E-state index in [0.29, 0.717) is 19.4 Å². The number of carbonyl (C=O) groups is 2. The van der Waals surface area contributed by atoms with Crippen molar-refractivity contribution in [2.75, 3.05) is 6.61 Å². The zero-order chi connectivity index (χ0) is 15.9. The van der Waals surface area contributed by atoms with E-state index in [1.165, 1.54) is 0 Å². The molecule has 0 spiro atoms. The van der Waals surface area contributed by atoms with Crippen LogP contribution in [0.1, 0.15) is 85.0 Å². The first-order valence-corrected chi connectivity index (χ1v) is 8.49. The van der Waals surface area contributed by atoms with Crippen LogP contribution in [0.3, 0.4) is 0 Å². The fourth-order valence-corrected chi connectivity index (χ4v) is 2.21. The maximum Gasteiger partial charge on any atom is 0.306 e. The molecule has 0 saturated heterocycles. The van der Waals surface area contributed by atoms with Gasteiger partial charge in [-0.25, -0.2) is 0 Å². The molecule has 1 atom stereocenters. The molecule has 0 N–H and O–H groups in total. The average Bonchev–Trinajstić information content (AvgIpc) is 2.45. The lowest BCUT2D eigenvalue weighted by molar-refractivity contribution is -0.150. The van der Waals surface area contributed by atoms with Gasteiger partial charge in [-0.05, 0) is 32.6 Å². The molecule has 21 heavy (non-hydrogen) atoms. The third-order valence-electron chi connectivity index (χ3n) is 3.36. The fraction of sp³-hybridized carbons (Fsp3) is 0.882. The van der Waals surface area contributed by atoms with Crippen LogP contribution < -0.4 is 0 Å². The van der Waals surface area contributed by atoms with Crippen LogP contribution in [0.2, 0.25) is 0 Å². The number of ether oxygens (including phenoxy) is 2. The van der Waals surface area contributed by atoms with Gasteiger partial charge in [0.2, 0.25) is 0 Å². The van der Waals surface area contributed by atoms with Gasteiger partial charge in [0, 0.05) is 12.8 Å². The van der Waals surface area contributed by atoms with E-state index in [2.05, 4.69) is 13.8 Å². The van der Waals surface area contributed by atoms with Crippen LogP contribution in [0.5, 0.6) is 0 Å². The summed E-state index contributed by atoms with van der Waals surface area (Å²) in [6.45, 7) is 6.50. The molecule has 0 aromatic carbocycles. The minimum absolute atomic E-state index is 0.0852. The molecule has 124 valence electrons. The van der Waals surface area contributed by atoms with Gasteiger partial charge in [-0.2, -0.15) is 0 Å². The van der Waals surface area contributed by atoms with Gasteiger partial charge in [0.15, 0.2) is 0 Å². The highest BCUT2D eigenvalue weighted by molar-refractivity contribution is 5.70. The van der Waals surface area contributed by atoms with E-state index in [0.717, 1.165) is 51.4 Å². The predicted molar refractivity (Wildman–Crippen MR) is 84.0 cm³/mol. The van der Waals surface area contributed by atoms with Crippen molar-refractivity contribution in [3.8, 4) is 0 Å². The van der Waals surface area contributed by atoms with E-state index in [4.69, 9.17) is 9.47 Å². The molecule has 0 fully saturated rings. The molecule has 0 aromatic heterocycles. The third kappa shape index (κ3) is 12.4. The quantitative estimate of drug-likeness (QED) is 0.373. The number of carbonyl (C=O) groups excluding carboxylic acids is 2. The molecule has 0 aliphatic heterocycles. The van der Waals surface area contributed by atoms with Crippen LogP contribution in [0.15, 0.2) is 0 Å². The fourth-order valence-electron chi connectivity index (χ4n) is 2.21.